The number of nitrogens with two attached hydrogens (primary N) is 1. The van der Waals surface area contributed by atoms with Crippen LogP contribution in [0.3, 0.4) is 0 Å². The van der Waals surface area contributed by atoms with Gasteiger partial charge in [-0.1, -0.05) is 23.7 Å². The summed E-state index contributed by atoms with van der Waals surface area (Å²) in [6.07, 6.45) is 1.00. The topological polar surface area (TPSA) is 98.6 Å². The van der Waals surface area contributed by atoms with E-state index in [4.69, 9.17) is 27.1 Å². The minimum absolute atomic E-state index is 0.0166. The number of likely N-dealkylation sites (tertiary alicyclic amines) is 1. The molecule has 2 aliphatic rings. The standard InChI is InChI=1S/C24H25ClN6O2/c1-14-28-29-24-20(12-22(32)30-10-9-17(26)13-30)27-23(15-3-5-16(25)6-4-15)19-11-18(33-2)7-8-21(19)31(14)24/h3-8,11,17,20H,9-10,12-13,26H2,1-2H3/t17?,20-/m0/s1. The van der Waals surface area contributed by atoms with Gasteiger partial charge in [0.2, 0.25) is 5.91 Å². The predicted octanol–water partition coefficient (Wildman–Crippen LogP) is 3.08. The number of amides is 1. The molecule has 0 radical (unpaired) electrons. The van der Waals surface area contributed by atoms with Crippen LogP contribution >= 0.6 is 11.6 Å². The molecule has 0 saturated carbocycles. The zero-order valence-electron chi connectivity index (χ0n) is 18.5. The van der Waals surface area contributed by atoms with Gasteiger partial charge in [-0.2, -0.15) is 0 Å². The van der Waals surface area contributed by atoms with Gasteiger partial charge in [0.05, 0.1) is 24.9 Å². The summed E-state index contributed by atoms with van der Waals surface area (Å²) < 4.78 is 7.48. The molecule has 1 amide bonds. The highest BCUT2D eigenvalue weighted by atomic mass is 35.5. The number of benzene rings is 2. The second kappa shape index (κ2) is 8.61. The molecule has 0 spiro atoms. The maximum atomic E-state index is 13.2. The van der Waals surface area contributed by atoms with Gasteiger partial charge in [0.25, 0.3) is 0 Å². The van der Waals surface area contributed by atoms with Crippen LogP contribution in [0.2, 0.25) is 5.02 Å². The summed E-state index contributed by atoms with van der Waals surface area (Å²) in [7, 11) is 1.63. The summed E-state index contributed by atoms with van der Waals surface area (Å²) in [5, 5.41) is 9.38. The van der Waals surface area contributed by atoms with Crippen molar-refractivity contribution in [3.63, 3.8) is 0 Å². The van der Waals surface area contributed by atoms with Gasteiger partial charge in [-0.3, -0.25) is 14.4 Å². The van der Waals surface area contributed by atoms with Crippen molar-refractivity contribution >= 4 is 23.2 Å². The van der Waals surface area contributed by atoms with E-state index in [9.17, 15) is 4.79 Å². The maximum Gasteiger partial charge on any atom is 0.225 e. The molecule has 2 aliphatic heterocycles. The van der Waals surface area contributed by atoms with Crippen LogP contribution in [-0.2, 0) is 4.79 Å². The Morgan fingerprint density at radius 1 is 1.21 bits per heavy atom. The molecule has 8 nitrogen and oxygen atoms in total. The first-order valence-corrected chi connectivity index (χ1v) is 11.3. The number of aryl methyl sites for hydroxylation is 1. The maximum absolute atomic E-state index is 13.2. The van der Waals surface area contributed by atoms with E-state index in [1.54, 1.807) is 7.11 Å². The summed E-state index contributed by atoms with van der Waals surface area (Å²) >= 11 is 6.15. The molecule has 0 aliphatic carbocycles. The third kappa shape index (κ3) is 4.00. The number of ether oxygens (including phenoxy) is 1. The molecule has 1 aromatic heterocycles. The van der Waals surface area contributed by atoms with Gasteiger partial charge in [-0.25, -0.2) is 0 Å². The molecule has 170 valence electrons. The fourth-order valence-corrected chi connectivity index (χ4v) is 4.61. The van der Waals surface area contributed by atoms with E-state index in [0.29, 0.717) is 29.7 Å². The van der Waals surface area contributed by atoms with Crippen LogP contribution in [0.25, 0.3) is 5.69 Å². The average Bonchev–Trinajstić information content (AvgIpc) is 3.39. The minimum Gasteiger partial charge on any atom is -0.497 e. The first-order chi connectivity index (χ1) is 15.9. The number of fused-ring (bicyclic) bond motifs is 3. The van der Waals surface area contributed by atoms with Crippen LogP contribution in [0.5, 0.6) is 5.75 Å². The fraction of sp³-hybridized carbons (Fsp3) is 0.333. The normalized spacial score (nSPS) is 19.5. The molecule has 1 unspecified atom stereocenters. The Bertz CT molecular complexity index is 1240. The van der Waals surface area contributed by atoms with Crippen LogP contribution in [0.1, 0.15) is 41.7 Å². The molecular formula is C24H25ClN6O2. The summed E-state index contributed by atoms with van der Waals surface area (Å²) in [5.74, 6) is 2.09. The second-order valence-corrected chi connectivity index (χ2v) is 8.85. The number of nitrogens with zero attached hydrogens (tertiary/aromatic N) is 5. The molecule has 3 aromatic rings. The van der Waals surface area contributed by atoms with Crippen molar-refractivity contribution in [3.05, 3.63) is 70.3 Å². The Kier molecular flexibility index (Phi) is 5.64. The van der Waals surface area contributed by atoms with Crippen molar-refractivity contribution in [3.8, 4) is 11.4 Å². The number of carbonyl (C=O) groups excluding carboxylic acids is 1. The Morgan fingerprint density at radius 2 is 2.00 bits per heavy atom. The van der Waals surface area contributed by atoms with E-state index in [1.165, 1.54) is 0 Å². The van der Waals surface area contributed by atoms with E-state index in [2.05, 4.69) is 10.2 Å². The van der Waals surface area contributed by atoms with Crippen LogP contribution < -0.4 is 10.5 Å². The van der Waals surface area contributed by atoms with Gasteiger partial charge in [0.1, 0.15) is 17.6 Å². The minimum atomic E-state index is -0.500. The van der Waals surface area contributed by atoms with Crippen LogP contribution in [-0.4, -0.2) is 57.5 Å². The summed E-state index contributed by atoms with van der Waals surface area (Å²) in [4.78, 5) is 20.1. The van der Waals surface area contributed by atoms with E-state index >= 15 is 0 Å². The number of aliphatic imine (C=N–C) groups is 1. The lowest BCUT2D eigenvalue weighted by Crippen LogP contribution is -2.32. The summed E-state index contributed by atoms with van der Waals surface area (Å²) in [5.41, 5.74) is 9.43. The highest BCUT2D eigenvalue weighted by Gasteiger charge is 2.32. The lowest BCUT2D eigenvalue weighted by molar-refractivity contribution is -0.130. The third-order valence-electron chi connectivity index (χ3n) is 6.20. The van der Waals surface area contributed by atoms with Crippen molar-refractivity contribution in [1.82, 2.24) is 19.7 Å². The number of methoxy groups -OCH3 is 1. The van der Waals surface area contributed by atoms with Crippen LogP contribution in [0.4, 0.5) is 0 Å². The van der Waals surface area contributed by atoms with Crippen molar-refractivity contribution < 1.29 is 9.53 Å². The van der Waals surface area contributed by atoms with Gasteiger partial charge >= 0.3 is 0 Å². The summed E-state index contributed by atoms with van der Waals surface area (Å²) in [6.45, 7) is 3.14. The van der Waals surface area contributed by atoms with Crippen molar-refractivity contribution in [2.75, 3.05) is 20.2 Å². The lowest BCUT2D eigenvalue weighted by atomic mass is 10.00. The summed E-state index contributed by atoms with van der Waals surface area (Å²) in [6, 6.07) is 12.9. The number of carbonyl (C=O) groups is 1. The highest BCUT2D eigenvalue weighted by Crippen LogP contribution is 2.35. The first-order valence-electron chi connectivity index (χ1n) is 10.9. The first kappa shape index (κ1) is 21.6. The zero-order chi connectivity index (χ0) is 23.1. The zero-order valence-corrected chi connectivity index (χ0v) is 19.3. The van der Waals surface area contributed by atoms with Crippen molar-refractivity contribution in [2.24, 2.45) is 10.7 Å². The Morgan fingerprint density at radius 3 is 2.70 bits per heavy atom. The van der Waals surface area contributed by atoms with Gasteiger partial charge in [-0.05, 0) is 43.7 Å². The van der Waals surface area contributed by atoms with E-state index in [1.807, 2.05) is 58.9 Å². The average molecular weight is 465 g/mol. The number of hydrogen-bond donors (Lipinski definition) is 1. The van der Waals surface area contributed by atoms with Gasteiger partial charge in [0.15, 0.2) is 5.82 Å². The Balaban J connectivity index is 1.66. The number of hydrogen-bond acceptors (Lipinski definition) is 6. The molecule has 2 atom stereocenters. The Labute approximate surface area is 197 Å². The van der Waals surface area contributed by atoms with E-state index < -0.39 is 6.04 Å². The van der Waals surface area contributed by atoms with Crippen LogP contribution in [0.15, 0.2) is 47.5 Å². The van der Waals surface area contributed by atoms with Crippen molar-refractivity contribution in [2.45, 2.75) is 31.8 Å². The molecule has 2 N–H and O–H groups in total. The molecule has 33 heavy (non-hydrogen) atoms. The van der Waals surface area contributed by atoms with Crippen molar-refractivity contribution in [1.29, 1.82) is 0 Å². The monoisotopic (exact) mass is 464 g/mol. The SMILES string of the molecule is COc1ccc2c(c1)C(c1ccc(Cl)cc1)=N[C@@H](CC(=O)N1CCC(N)C1)c1nnc(C)n1-2. The number of halogens is 1. The smallest absolute Gasteiger partial charge is 0.225 e. The van der Waals surface area contributed by atoms with Gasteiger partial charge in [-0.15, -0.1) is 10.2 Å². The molecule has 2 aromatic carbocycles. The molecule has 9 heteroatoms. The molecular weight excluding hydrogens is 440 g/mol. The number of rotatable bonds is 4. The van der Waals surface area contributed by atoms with Gasteiger partial charge < -0.3 is 15.4 Å². The molecule has 3 heterocycles. The molecule has 0 bridgehead atoms. The fourth-order valence-electron chi connectivity index (χ4n) is 4.49. The molecule has 1 fully saturated rings. The molecule has 5 rings (SSSR count). The van der Waals surface area contributed by atoms with E-state index in [0.717, 1.165) is 34.8 Å². The Hall–Kier alpha value is -3.23. The lowest BCUT2D eigenvalue weighted by Gasteiger charge is -2.18. The second-order valence-electron chi connectivity index (χ2n) is 8.42. The third-order valence-corrected chi connectivity index (χ3v) is 6.45. The largest absolute Gasteiger partial charge is 0.497 e. The van der Waals surface area contributed by atoms with E-state index in [-0.39, 0.29) is 18.4 Å². The molecule has 1 saturated heterocycles. The predicted molar refractivity (Wildman–Crippen MR) is 126 cm³/mol. The van der Waals surface area contributed by atoms with Crippen LogP contribution in [0, 0.1) is 6.92 Å². The van der Waals surface area contributed by atoms with Gasteiger partial charge in [0, 0.05) is 35.3 Å². The number of aromatic nitrogens is 3. The quantitative estimate of drug-likeness (QED) is 0.639. The highest BCUT2D eigenvalue weighted by molar-refractivity contribution is 6.30.